The number of hydrogen-bond donors (Lipinski definition) is 0. The van der Waals surface area contributed by atoms with E-state index < -0.39 is 10.2 Å². The molecular weight excluding hydrogens is 214 g/mol. The lowest BCUT2D eigenvalue weighted by Gasteiger charge is -2.17. The zero-order valence-electron chi connectivity index (χ0n) is 6.81. The molecule has 0 atom stereocenters. The number of hydrogen-bond acceptors (Lipinski definition) is 5. The summed E-state index contributed by atoms with van der Waals surface area (Å²) < 4.78 is 39.0. The van der Waals surface area contributed by atoms with Gasteiger partial charge in [-0.3, -0.25) is 0 Å². The lowest BCUT2D eigenvalue weighted by molar-refractivity contribution is -2.00. The van der Waals surface area contributed by atoms with Gasteiger partial charge in [-0.25, -0.2) is 18.6 Å². The first kappa shape index (κ1) is 10.9. The van der Waals surface area contributed by atoms with Crippen LogP contribution in [0.5, 0.6) is 0 Å². The highest BCUT2D eigenvalue weighted by atomic mass is 35.7. The Balaban J connectivity index is 0.000000171. The van der Waals surface area contributed by atoms with Crippen LogP contribution in [0.25, 0.3) is 11.1 Å². The molecule has 2 aromatic rings. The number of aromatic amines is 1. The highest BCUT2D eigenvalue weighted by Crippen LogP contribution is 2.05. The summed E-state index contributed by atoms with van der Waals surface area (Å²) in [4.78, 5) is 2.95. The van der Waals surface area contributed by atoms with Gasteiger partial charge in [-0.2, -0.15) is 4.98 Å². The first-order valence-electron chi connectivity index (χ1n) is 3.42. The number of H-pyrrole nitrogens is 1. The van der Waals surface area contributed by atoms with Gasteiger partial charge in [-0.15, -0.1) is 10.2 Å². The van der Waals surface area contributed by atoms with Crippen molar-refractivity contribution in [3.8, 4) is 0 Å². The van der Waals surface area contributed by atoms with Gasteiger partial charge in [0, 0.05) is 6.07 Å². The van der Waals surface area contributed by atoms with Crippen molar-refractivity contribution in [2.45, 2.75) is 0 Å². The fourth-order valence-electron chi connectivity index (χ4n) is 0.845. The smallest absolute Gasteiger partial charge is 0.333 e. The summed E-state index contributed by atoms with van der Waals surface area (Å²) in [5.41, 5.74) is 1.94. The third-order valence-corrected chi connectivity index (χ3v) is 1.29. The number of fused-ring (bicyclic) bond motifs is 1. The van der Waals surface area contributed by atoms with Crippen LogP contribution in [0.1, 0.15) is 0 Å². The summed E-state index contributed by atoms with van der Waals surface area (Å²) in [6.45, 7) is 0. The number of halogens is 1. The van der Waals surface area contributed by atoms with Gasteiger partial charge in [-0.1, -0.05) is 12.1 Å². The molecule has 1 heterocycles. The zero-order chi connectivity index (χ0) is 10.6. The molecule has 0 saturated heterocycles. The predicted molar refractivity (Wildman–Crippen MR) is 32.8 cm³/mol. The molecule has 0 aliphatic heterocycles. The summed E-state index contributed by atoms with van der Waals surface area (Å²) in [6, 6.07) is 7.80. The van der Waals surface area contributed by atoms with Crippen LogP contribution >= 0.6 is 0 Å². The lowest BCUT2D eigenvalue weighted by Crippen LogP contribution is -2.68. The summed E-state index contributed by atoms with van der Waals surface area (Å²) >= 11 is 0. The molecule has 0 aliphatic rings. The monoisotopic (exact) mass is 219 g/mol. The SMILES string of the molecule is [O-][Cl+3]([O-])([O-])[O-].c1ccc2oc[nH+]c2c1. The van der Waals surface area contributed by atoms with Gasteiger partial charge in [0.05, 0.1) is 0 Å². The van der Waals surface area contributed by atoms with Crippen LogP contribution in [0.4, 0.5) is 0 Å². The van der Waals surface area contributed by atoms with Crippen molar-refractivity contribution in [1.82, 2.24) is 0 Å². The fourth-order valence-corrected chi connectivity index (χ4v) is 0.845. The molecule has 1 N–H and O–H groups in total. The van der Waals surface area contributed by atoms with E-state index in [1.165, 1.54) is 0 Å². The van der Waals surface area contributed by atoms with Gasteiger partial charge in [0.1, 0.15) is 0 Å². The predicted octanol–water partition coefficient (Wildman–Crippen LogP) is -3.51. The van der Waals surface area contributed by atoms with Crippen LogP contribution in [-0.4, -0.2) is 0 Å². The molecule has 0 spiro atoms. The Morgan fingerprint density at radius 2 is 1.64 bits per heavy atom. The number of aromatic nitrogens is 1. The Labute approximate surface area is 80.8 Å². The molecule has 6 nitrogen and oxygen atoms in total. The van der Waals surface area contributed by atoms with Crippen LogP contribution in [-0.2, 0) is 0 Å². The van der Waals surface area contributed by atoms with E-state index in [4.69, 9.17) is 23.1 Å². The average molecular weight is 220 g/mol. The molecule has 0 radical (unpaired) electrons. The average Bonchev–Trinajstić information content (AvgIpc) is 2.47. The van der Waals surface area contributed by atoms with Crippen molar-refractivity contribution in [1.29, 1.82) is 0 Å². The molecule has 0 fully saturated rings. The summed E-state index contributed by atoms with van der Waals surface area (Å²) in [5, 5.41) is 0. The van der Waals surface area contributed by atoms with E-state index in [1.54, 1.807) is 6.39 Å². The van der Waals surface area contributed by atoms with E-state index in [0.717, 1.165) is 11.1 Å². The van der Waals surface area contributed by atoms with Crippen molar-refractivity contribution in [3.63, 3.8) is 0 Å². The van der Waals surface area contributed by atoms with E-state index in [0.29, 0.717) is 0 Å². The van der Waals surface area contributed by atoms with Gasteiger partial charge >= 0.3 is 6.39 Å². The third-order valence-electron chi connectivity index (χ3n) is 1.29. The van der Waals surface area contributed by atoms with Crippen molar-refractivity contribution in [2.75, 3.05) is 0 Å². The minimum absolute atomic E-state index is 0.900. The topological polar surface area (TPSA) is 120 Å². The van der Waals surface area contributed by atoms with Crippen LogP contribution in [0.15, 0.2) is 35.1 Å². The molecule has 76 valence electrons. The van der Waals surface area contributed by atoms with Crippen LogP contribution < -0.4 is 23.6 Å². The quantitative estimate of drug-likeness (QED) is 0.455. The van der Waals surface area contributed by atoms with Crippen molar-refractivity contribution < 1.29 is 38.3 Å². The number of rotatable bonds is 0. The minimum atomic E-state index is -4.94. The Morgan fingerprint density at radius 1 is 1.07 bits per heavy atom. The van der Waals surface area contributed by atoms with E-state index in [9.17, 15) is 0 Å². The first-order valence-corrected chi connectivity index (χ1v) is 4.66. The van der Waals surface area contributed by atoms with Gasteiger partial charge < -0.3 is 4.42 Å². The Hall–Kier alpha value is -1.18. The molecule has 1 aromatic heterocycles. The first-order chi connectivity index (χ1) is 6.47. The molecule has 0 bridgehead atoms. The number of para-hydroxylation sites is 2. The largest absolute Gasteiger partial charge is 0.404 e. The van der Waals surface area contributed by atoms with E-state index in [1.807, 2.05) is 24.3 Å². The standard InChI is InChI=1S/C7H5NO.ClHO4/c1-2-4-7-6(3-1)8-5-9-7;2-1(3,4)5/h1-5H;(H,2,3,4,5). The van der Waals surface area contributed by atoms with Gasteiger partial charge in [-0.05, 0) is 6.07 Å². The van der Waals surface area contributed by atoms with Crippen LogP contribution in [0.3, 0.4) is 0 Å². The van der Waals surface area contributed by atoms with Gasteiger partial charge in [0.25, 0.3) is 0 Å². The molecule has 7 heteroatoms. The minimum Gasteiger partial charge on any atom is -0.404 e. The second-order valence-electron chi connectivity index (χ2n) is 2.25. The molecule has 14 heavy (non-hydrogen) atoms. The fraction of sp³-hybridized carbons (Fsp3) is 0. The molecule has 0 saturated carbocycles. The van der Waals surface area contributed by atoms with Crippen LogP contribution in [0, 0.1) is 10.2 Å². The number of benzene rings is 1. The molecule has 0 unspecified atom stereocenters. The lowest BCUT2D eigenvalue weighted by atomic mass is 10.3. The number of oxazole rings is 1. The van der Waals surface area contributed by atoms with Crippen LogP contribution in [0.2, 0.25) is 0 Å². The number of nitrogens with one attached hydrogen (secondary N) is 1. The Kier molecular flexibility index (Phi) is 3.39. The Bertz CT molecular complexity index is 360. The summed E-state index contributed by atoms with van der Waals surface area (Å²) in [7, 11) is -4.94. The second-order valence-corrected chi connectivity index (χ2v) is 3.01. The maximum atomic E-state index is 8.49. The van der Waals surface area contributed by atoms with E-state index >= 15 is 0 Å². The molecular formula is C7H6ClNO5. The van der Waals surface area contributed by atoms with Crippen molar-refractivity contribution in [2.24, 2.45) is 0 Å². The molecule has 0 amide bonds. The normalized spacial score (nSPS) is 10.9. The second kappa shape index (κ2) is 4.36. The molecule has 2 rings (SSSR count). The highest BCUT2D eigenvalue weighted by Gasteiger charge is 1.98. The third kappa shape index (κ3) is 4.17. The zero-order valence-corrected chi connectivity index (χ0v) is 7.56. The van der Waals surface area contributed by atoms with Crippen molar-refractivity contribution in [3.05, 3.63) is 30.7 Å². The molecule has 0 aliphatic carbocycles. The molecule has 1 aromatic carbocycles. The summed E-state index contributed by atoms with van der Waals surface area (Å²) in [6.07, 6.45) is 1.57. The summed E-state index contributed by atoms with van der Waals surface area (Å²) in [5.74, 6) is 0. The maximum Gasteiger partial charge on any atom is 0.333 e. The highest BCUT2D eigenvalue weighted by molar-refractivity contribution is 5.67. The maximum absolute atomic E-state index is 8.49. The van der Waals surface area contributed by atoms with Crippen molar-refractivity contribution >= 4 is 11.1 Å². The van der Waals surface area contributed by atoms with Gasteiger partial charge in [0.2, 0.25) is 11.1 Å². The van der Waals surface area contributed by atoms with E-state index in [-0.39, 0.29) is 0 Å². The van der Waals surface area contributed by atoms with E-state index in [2.05, 4.69) is 4.98 Å². The van der Waals surface area contributed by atoms with Gasteiger partial charge in [0.15, 0.2) is 0 Å². The Morgan fingerprint density at radius 3 is 2.21 bits per heavy atom.